The van der Waals surface area contributed by atoms with E-state index >= 15 is 0 Å². The molecule has 0 aromatic heterocycles. The third-order valence-corrected chi connectivity index (χ3v) is 4.63. The van der Waals surface area contributed by atoms with Gasteiger partial charge in [-0.15, -0.1) is 0 Å². The van der Waals surface area contributed by atoms with Gasteiger partial charge in [-0.2, -0.15) is 0 Å². The molecule has 0 aromatic rings. The summed E-state index contributed by atoms with van der Waals surface area (Å²) in [5.74, 6) is 0.910. The van der Waals surface area contributed by atoms with E-state index in [0.717, 1.165) is 5.92 Å². The van der Waals surface area contributed by atoms with E-state index in [1.807, 2.05) is 0 Å². The molecule has 2 saturated heterocycles. The molecule has 4 atom stereocenters. The lowest BCUT2D eigenvalue weighted by atomic mass is 9.82. The average Bonchev–Trinajstić information content (AvgIpc) is 2.27. The van der Waals surface area contributed by atoms with Crippen LogP contribution in [0.3, 0.4) is 0 Å². The van der Waals surface area contributed by atoms with E-state index in [2.05, 4.69) is 32.6 Å². The van der Waals surface area contributed by atoms with Crippen LogP contribution in [-0.4, -0.2) is 22.5 Å². The fraction of sp³-hybridized carbons (Fsp3) is 1.00. The first-order valence-electron chi connectivity index (χ1n) is 4.85. The third kappa shape index (κ3) is 0.581. The van der Waals surface area contributed by atoms with Crippen LogP contribution in [0.2, 0.25) is 0 Å². The summed E-state index contributed by atoms with van der Waals surface area (Å²) >= 11 is 0. The second kappa shape index (κ2) is 1.82. The van der Waals surface area contributed by atoms with Crippen molar-refractivity contribution in [2.24, 2.45) is 5.92 Å². The molecule has 2 rings (SSSR count). The highest BCUT2D eigenvalue weighted by atomic mass is 15.5. The number of rotatable bonds is 1. The average molecular weight is 153 g/mol. The fourth-order valence-electron chi connectivity index (χ4n) is 3.21. The van der Waals surface area contributed by atoms with Gasteiger partial charge in [0.2, 0.25) is 0 Å². The molecular weight excluding hydrogens is 134 g/mol. The van der Waals surface area contributed by atoms with Gasteiger partial charge in [-0.3, -0.25) is 4.90 Å². The first-order valence-corrected chi connectivity index (χ1v) is 4.85. The van der Waals surface area contributed by atoms with E-state index in [9.17, 15) is 0 Å². The van der Waals surface area contributed by atoms with Crippen molar-refractivity contribution in [1.82, 2.24) is 4.90 Å². The van der Waals surface area contributed by atoms with Gasteiger partial charge in [0.15, 0.2) is 0 Å². The molecule has 0 N–H and O–H groups in total. The summed E-state index contributed by atoms with van der Waals surface area (Å²) < 4.78 is 0. The van der Waals surface area contributed by atoms with Gasteiger partial charge >= 0.3 is 0 Å². The normalized spacial score (nSPS) is 61.1. The summed E-state index contributed by atoms with van der Waals surface area (Å²) in [6.07, 6.45) is 2.72. The largest absolute Gasteiger partial charge is 0.289 e. The molecule has 1 nitrogen and oxygen atoms in total. The van der Waals surface area contributed by atoms with Crippen LogP contribution in [-0.2, 0) is 0 Å². The monoisotopic (exact) mass is 153 g/mol. The highest BCUT2D eigenvalue weighted by Crippen LogP contribution is 2.62. The number of hydrogen-bond donors (Lipinski definition) is 0. The van der Waals surface area contributed by atoms with Crippen molar-refractivity contribution in [3.05, 3.63) is 0 Å². The Morgan fingerprint density at radius 2 is 2.09 bits per heavy atom. The summed E-state index contributed by atoms with van der Waals surface area (Å²) in [5, 5.41) is 0. The topological polar surface area (TPSA) is 3.01 Å². The van der Waals surface area contributed by atoms with Crippen LogP contribution >= 0.6 is 0 Å². The molecular formula is C10H19N. The fourth-order valence-corrected chi connectivity index (χ4v) is 3.21. The van der Waals surface area contributed by atoms with Crippen molar-refractivity contribution >= 4 is 0 Å². The predicted molar refractivity (Wildman–Crippen MR) is 47.6 cm³/mol. The summed E-state index contributed by atoms with van der Waals surface area (Å²) in [5.41, 5.74) is 1.10. The molecule has 0 radical (unpaired) electrons. The second-order valence-corrected chi connectivity index (χ2v) is 4.62. The van der Waals surface area contributed by atoms with Crippen LogP contribution < -0.4 is 0 Å². The molecule has 0 aromatic carbocycles. The van der Waals surface area contributed by atoms with Gasteiger partial charge in [0, 0.05) is 11.1 Å². The van der Waals surface area contributed by atoms with Crippen LogP contribution in [0.15, 0.2) is 0 Å². The van der Waals surface area contributed by atoms with Gasteiger partial charge in [-0.25, -0.2) is 0 Å². The lowest BCUT2D eigenvalue weighted by Gasteiger charge is -2.19. The van der Waals surface area contributed by atoms with Crippen LogP contribution in [0.4, 0.5) is 0 Å². The van der Waals surface area contributed by atoms with Crippen molar-refractivity contribution in [3.8, 4) is 0 Å². The van der Waals surface area contributed by atoms with Gasteiger partial charge in [0.1, 0.15) is 0 Å². The Labute approximate surface area is 69.8 Å². The molecule has 2 heterocycles. The first-order chi connectivity index (χ1) is 5.07. The summed E-state index contributed by atoms with van der Waals surface area (Å²) in [6.45, 7) is 10.9. The van der Waals surface area contributed by atoms with E-state index < -0.39 is 0 Å². The molecule has 0 saturated carbocycles. The molecule has 4 unspecified atom stereocenters. The highest BCUT2D eigenvalue weighted by molar-refractivity contribution is 5.28. The van der Waals surface area contributed by atoms with Gasteiger partial charge in [-0.05, 0) is 39.2 Å². The smallest absolute Gasteiger partial charge is 0.0394 e. The van der Waals surface area contributed by atoms with Gasteiger partial charge in [0.05, 0.1) is 0 Å². The van der Waals surface area contributed by atoms with Gasteiger partial charge in [-0.1, -0.05) is 13.8 Å². The summed E-state index contributed by atoms with van der Waals surface area (Å²) in [7, 11) is 0. The zero-order chi connectivity index (χ0) is 8.28. The Balaban J connectivity index is 2.25. The maximum atomic E-state index is 2.69. The van der Waals surface area contributed by atoms with Crippen molar-refractivity contribution in [2.45, 2.75) is 51.6 Å². The van der Waals surface area contributed by atoms with Crippen molar-refractivity contribution in [3.63, 3.8) is 0 Å². The Kier molecular flexibility index (Phi) is 1.26. The molecule has 1 heteroatoms. The number of piperidine rings is 1. The highest BCUT2D eigenvalue weighted by Gasteiger charge is 2.72. The minimum atomic E-state index is 0.546. The van der Waals surface area contributed by atoms with Crippen molar-refractivity contribution in [1.29, 1.82) is 0 Å². The van der Waals surface area contributed by atoms with Crippen LogP contribution in [0.1, 0.15) is 40.5 Å². The maximum Gasteiger partial charge on any atom is 0.0394 e. The molecule has 2 fully saturated rings. The predicted octanol–water partition coefficient (Wildman–Crippen LogP) is 2.27. The SMILES string of the molecule is CCC1(C)N2CCC(C)C21C. The molecule has 0 bridgehead atoms. The molecule has 2 aliphatic rings. The minimum absolute atomic E-state index is 0.546. The van der Waals surface area contributed by atoms with Crippen molar-refractivity contribution < 1.29 is 0 Å². The lowest BCUT2D eigenvalue weighted by Crippen LogP contribution is -2.26. The third-order valence-electron chi connectivity index (χ3n) is 4.63. The van der Waals surface area contributed by atoms with Crippen LogP contribution in [0, 0.1) is 5.92 Å². The van der Waals surface area contributed by atoms with Crippen molar-refractivity contribution in [2.75, 3.05) is 6.54 Å². The molecule has 0 aliphatic carbocycles. The first kappa shape index (κ1) is 7.60. The van der Waals surface area contributed by atoms with E-state index in [-0.39, 0.29) is 0 Å². The van der Waals surface area contributed by atoms with Crippen LogP contribution in [0.25, 0.3) is 0 Å². The van der Waals surface area contributed by atoms with E-state index in [4.69, 9.17) is 0 Å². The zero-order valence-corrected chi connectivity index (χ0v) is 8.15. The van der Waals surface area contributed by atoms with E-state index in [0.29, 0.717) is 11.1 Å². The van der Waals surface area contributed by atoms with E-state index in [1.165, 1.54) is 19.4 Å². The zero-order valence-electron chi connectivity index (χ0n) is 8.15. The molecule has 2 aliphatic heterocycles. The number of fused-ring (bicyclic) bond motifs is 1. The quantitative estimate of drug-likeness (QED) is 0.522. The number of nitrogens with zero attached hydrogens (tertiary/aromatic N) is 1. The Morgan fingerprint density at radius 3 is 2.36 bits per heavy atom. The molecule has 0 spiro atoms. The minimum Gasteiger partial charge on any atom is -0.289 e. The standard InChI is InChI=1S/C10H19N/c1-5-9(3)10(4)8(2)6-7-11(9)10/h8H,5-7H2,1-4H3. The molecule has 11 heavy (non-hydrogen) atoms. The summed E-state index contributed by atoms with van der Waals surface area (Å²) in [6, 6.07) is 0. The maximum absolute atomic E-state index is 2.69. The van der Waals surface area contributed by atoms with Gasteiger partial charge < -0.3 is 0 Å². The lowest BCUT2D eigenvalue weighted by molar-refractivity contribution is 0.392. The summed E-state index contributed by atoms with van der Waals surface area (Å²) in [4.78, 5) is 2.69. The molecule has 64 valence electrons. The second-order valence-electron chi connectivity index (χ2n) is 4.62. The van der Waals surface area contributed by atoms with Gasteiger partial charge in [0.25, 0.3) is 0 Å². The molecule has 0 amide bonds. The van der Waals surface area contributed by atoms with Crippen LogP contribution in [0.5, 0.6) is 0 Å². The Morgan fingerprint density at radius 1 is 1.45 bits per heavy atom. The number of hydrogen-bond acceptors (Lipinski definition) is 1. The Hall–Kier alpha value is -0.0400. The van der Waals surface area contributed by atoms with E-state index in [1.54, 1.807) is 0 Å². The Bertz CT molecular complexity index is 189.